The molecule has 208 valence electrons. The molecule has 0 saturated heterocycles. The number of imidazole rings is 1. The van der Waals surface area contributed by atoms with Crippen molar-refractivity contribution in [1.29, 1.82) is 0 Å². The smallest absolute Gasteiger partial charge is 0.361 e. The lowest BCUT2D eigenvalue weighted by Gasteiger charge is -2.22. The summed E-state index contributed by atoms with van der Waals surface area (Å²) in [6, 6.07) is 0. The Morgan fingerprint density at radius 2 is 1.49 bits per heavy atom. The first kappa shape index (κ1) is 30.6. The molecule has 0 saturated carbocycles. The van der Waals surface area contributed by atoms with E-state index in [1.807, 2.05) is 27.7 Å². The van der Waals surface area contributed by atoms with Crippen molar-refractivity contribution in [3.05, 3.63) is 12.7 Å². The minimum absolute atomic E-state index is 0.259. The van der Waals surface area contributed by atoms with Gasteiger partial charge in [0.25, 0.3) is 0 Å². The molecule has 0 fully saturated rings. The summed E-state index contributed by atoms with van der Waals surface area (Å²) in [4.78, 5) is 36.6. The van der Waals surface area contributed by atoms with E-state index in [0.29, 0.717) is 43.4 Å². The van der Waals surface area contributed by atoms with Gasteiger partial charge < -0.3 is 24.5 Å². The number of rotatable bonds is 17. The van der Waals surface area contributed by atoms with E-state index in [4.69, 9.17) is 29.0 Å². The monoisotopic (exact) mass is 543 g/mol. The molecule has 2 aromatic heterocycles. The van der Waals surface area contributed by atoms with E-state index < -0.39 is 45.6 Å². The summed E-state index contributed by atoms with van der Waals surface area (Å²) in [6.45, 7) is 8.37. The van der Waals surface area contributed by atoms with Gasteiger partial charge in [-0.25, -0.2) is 15.0 Å². The molecule has 13 nitrogen and oxygen atoms in total. The zero-order valence-electron chi connectivity index (χ0n) is 22.1. The molecule has 0 bridgehead atoms. The second-order valence-corrected chi connectivity index (χ2v) is 10.5. The molecule has 0 aliphatic rings. The third-order valence-electron chi connectivity index (χ3n) is 5.94. The van der Waals surface area contributed by atoms with Gasteiger partial charge in [0.2, 0.25) is 13.6 Å². The molecule has 2 rings (SSSR count). The van der Waals surface area contributed by atoms with Crippen LogP contribution in [-0.2, 0) is 44.0 Å². The highest BCUT2D eigenvalue weighted by Crippen LogP contribution is 2.48. The topological polar surface area (TPSA) is 167 Å². The van der Waals surface area contributed by atoms with E-state index in [9.17, 15) is 14.2 Å². The predicted molar refractivity (Wildman–Crippen MR) is 135 cm³/mol. The number of carbonyl (C=O) groups is 2. The number of nitrogens with two attached hydrogens (primary N) is 1. The highest BCUT2D eigenvalue weighted by atomic mass is 31.2. The second-order valence-electron chi connectivity index (χ2n) is 8.49. The number of fused-ring (bicyclic) bond motifs is 1. The van der Waals surface area contributed by atoms with Crippen molar-refractivity contribution in [2.24, 2.45) is 11.8 Å². The number of hydrogen-bond acceptors (Lipinski definition) is 12. The SMILES string of the molecule is CCC(CC)C(=O)OCOP(=O)(CO[C@H](C)Cn1cnc2c(N)ncnc21)OCOC(=O)C(CC)CC. The lowest BCUT2D eigenvalue weighted by atomic mass is 10.0. The Labute approximate surface area is 216 Å². The Bertz CT molecular complexity index is 1020. The van der Waals surface area contributed by atoms with Crippen LogP contribution in [0.3, 0.4) is 0 Å². The molecule has 0 aliphatic heterocycles. The molecule has 37 heavy (non-hydrogen) atoms. The fourth-order valence-corrected chi connectivity index (χ4v) is 4.59. The van der Waals surface area contributed by atoms with Crippen molar-refractivity contribution >= 4 is 36.5 Å². The van der Waals surface area contributed by atoms with Crippen molar-refractivity contribution in [2.45, 2.75) is 73.0 Å². The average Bonchev–Trinajstić information content (AvgIpc) is 3.28. The highest BCUT2D eigenvalue weighted by molar-refractivity contribution is 7.53. The van der Waals surface area contributed by atoms with Crippen LogP contribution in [0.25, 0.3) is 11.2 Å². The van der Waals surface area contributed by atoms with Gasteiger partial charge in [-0.15, -0.1) is 0 Å². The van der Waals surface area contributed by atoms with Gasteiger partial charge in [-0.05, 0) is 32.6 Å². The van der Waals surface area contributed by atoms with E-state index in [2.05, 4.69) is 15.0 Å². The van der Waals surface area contributed by atoms with Crippen molar-refractivity contribution < 1.29 is 37.4 Å². The zero-order valence-corrected chi connectivity index (χ0v) is 23.0. The lowest BCUT2D eigenvalue weighted by Crippen LogP contribution is -2.21. The van der Waals surface area contributed by atoms with Crippen LogP contribution < -0.4 is 5.73 Å². The van der Waals surface area contributed by atoms with Crippen molar-refractivity contribution in [2.75, 3.05) is 25.7 Å². The quantitative estimate of drug-likeness (QED) is 0.174. The summed E-state index contributed by atoms with van der Waals surface area (Å²) in [5, 5.41) is 0. The third-order valence-corrected chi connectivity index (χ3v) is 7.40. The van der Waals surface area contributed by atoms with E-state index in [-0.39, 0.29) is 17.7 Å². The Balaban J connectivity index is 2.00. The van der Waals surface area contributed by atoms with Gasteiger partial charge in [0.1, 0.15) is 18.2 Å². The summed E-state index contributed by atoms with van der Waals surface area (Å²) in [7, 11) is -3.97. The van der Waals surface area contributed by atoms with Gasteiger partial charge in [-0.2, -0.15) is 0 Å². The van der Waals surface area contributed by atoms with E-state index in [1.165, 1.54) is 6.33 Å². The highest BCUT2D eigenvalue weighted by Gasteiger charge is 2.29. The molecule has 0 aromatic carbocycles. The standard InChI is InChI=1S/C23H38N5O8P/c1-6-17(7-2)22(29)32-13-35-37(31,36-14-33-23(30)18(8-3)9-4)15-34-16(5)10-28-12-27-19-20(24)25-11-26-21(19)28/h11-12,16-18H,6-10,13-15H2,1-5H3,(H2,24,25,26)/t16-/m1/s1. The molecule has 2 heterocycles. The first-order valence-corrected chi connectivity index (χ1v) is 14.1. The van der Waals surface area contributed by atoms with Crippen molar-refractivity contribution in [1.82, 2.24) is 19.5 Å². The number of esters is 2. The summed E-state index contributed by atoms with van der Waals surface area (Å²) >= 11 is 0. The molecule has 0 unspecified atom stereocenters. The molecule has 14 heteroatoms. The Hall–Kier alpha value is -2.60. The number of hydrogen-bond donors (Lipinski definition) is 1. The minimum Gasteiger partial charge on any atom is -0.438 e. The van der Waals surface area contributed by atoms with Crippen LogP contribution in [0.15, 0.2) is 12.7 Å². The maximum atomic E-state index is 13.3. The Kier molecular flexibility index (Phi) is 12.4. The largest absolute Gasteiger partial charge is 0.438 e. The summed E-state index contributed by atoms with van der Waals surface area (Å²) in [5.74, 6) is -1.24. The minimum atomic E-state index is -3.97. The number of nitrogen functional groups attached to an aromatic ring is 1. The van der Waals surface area contributed by atoms with Gasteiger partial charge >= 0.3 is 19.5 Å². The van der Waals surface area contributed by atoms with Crippen LogP contribution in [0.1, 0.15) is 60.3 Å². The summed E-state index contributed by atoms with van der Waals surface area (Å²) in [5.41, 5.74) is 6.82. The molecule has 2 aromatic rings. The molecular formula is C23H38N5O8P. The van der Waals surface area contributed by atoms with Crippen LogP contribution in [-0.4, -0.2) is 57.5 Å². The number of anilines is 1. The van der Waals surface area contributed by atoms with Crippen molar-refractivity contribution in [3.63, 3.8) is 0 Å². The molecule has 1 atom stereocenters. The molecule has 0 aliphatic carbocycles. The molecule has 2 N–H and O–H groups in total. The van der Waals surface area contributed by atoms with Crippen LogP contribution in [0, 0.1) is 11.8 Å². The molecule has 0 radical (unpaired) electrons. The number of ether oxygens (including phenoxy) is 3. The van der Waals surface area contributed by atoms with Crippen molar-refractivity contribution in [3.8, 4) is 0 Å². The number of nitrogens with zero attached hydrogens (tertiary/aromatic N) is 4. The van der Waals surface area contributed by atoms with E-state index >= 15 is 0 Å². The van der Waals surface area contributed by atoms with Gasteiger partial charge in [0, 0.05) is 0 Å². The fourth-order valence-electron chi connectivity index (χ4n) is 3.50. The van der Waals surface area contributed by atoms with Crippen LogP contribution >= 0.6 is 7.60 Å². The molecule has 0 spiro atoms. The van der Waals surface area contributed by atoms with Crippen LogP contribution in [0.4, 0.5) is 5.82 Å². The van der Waals surface area contributed by atoms with Crippen LogP contribution in [0.5, 0.6) is 0 Å². The third kappa shape index (κ3) is 9.03. The van der Waals surface area contributed by atoms with E-state index in [0.717, 1.165) is 0 Å². The summed E-state index contributed by atoms with van der Waals surface area (Å²) < 4.78 is 41.7. The fraction of sp³-hybridized carbons (Fsp3) is 0.696. The zero-order chi connectivity index (χ0) is 27.4. The summed E-state index contributed by atoms with van der Waals surface area (Å²) in [6.07, 6.45) is 4.37. The van der Waals surface area contributed by atoms with Gasteiger partial charge in [-0.1, -0.05) is 27.7 Å². The van der Waals surface area contributed by atoms with Gasteiger partial charge in [-0.3, -0.25) is 23.2 Å². The van der Waals surface area contributed by atoms with Gasteiger partial charge in [0.05, 0.1) is 30.8 Å². The first-order chi connectivity index (χ1) is 17.7. The second kappa shape index (κ2) is 15.0. The number of aromatic nitrogens is 4. The maximum absolute atomic E-state index is 13.3. The Morgan fingerprint density at radius 3 is 2.00 bits per heavy atom. The lowest BCUT2D eigenvalue weighted by molar-refractivity contribution is -0.158. The molecule has 0 amide bonds. The number of carbonyl (C=O) groups excluding carboxylic acids is 2. The normalized spacial score (nSPS) is 12.8. The van der Waals surface area contributed by atoms with Gasteiger partial charge in [0.15, 0.2) is 11.5 Å². The predicted octanol–water partition coefficient (Wildman–Crippen LogP) is 3.87. The first-order valence-electron chi connectivity index (χ1n) is 12.4. The molecular weight excluding hydrogens is 505 g/mol. The maximum Gasteiger partial charge on any atom is 0.361 e. The van der Waals surface area contributed by atoms with Crippen LogP contribution in [0.2, 0.25) is 0 Å². The Morgan fingerprint density at radius 1 is 0.946 bits per heavy atom. The van der Waals surface area contributed by atoms with E-state index in [1.54, 1.807) is 17.8 Å². The average molecular weight is 544 g/mol.